The lowest BCUT2D eigenvalue weighted by atomic mass is 10.1. The van der Waals surface area contributed by atoms with Crippen molar-refractivity contribution in [1.82, 2.24) is 4.98 Å². The van der Waals surface area contributed by atoms with E-state index in [-0.39, 0.29) is 0 Å². The molecule has 0 aliphatic heterocycles. The number of nitrogens with zero attached hydrogens (tertiary/aromatic N) is 1. The molecule has 1 aromatic heterocycles. The summed E-state index contributed by atoms with van der Waals surface area (Å²) in [4.78, 5) is 4.41. The standard InChI is InChI=1S/C13H14ClNO/c1-3-10-6-4-5-7-11(10)13-15-12(8-14)9(2)16-13/h4-7H,3,8H2,1-2H3. The third-order valence-electron chi connectivity index (χ3n) is 2.65. The monoisotopic (exact) mass is 235 g/mol. The zero-order valence-electron chi connectivity index (χ0n) is 9.46. The van der Waals surface area contributed by atoms with Crippen molar-refractivity contribution in [3.63, 3.8) is 0 Å². The van der Waals surface area contributed by atoms with Crippen LogP contribution in [0.1, 0.15) is 23.9 Å². The van der Waals surface area contributed by atoms with Gasteiger partial charge in [0.25, 0.3) is 0 Å². The molecule has 0 aliphatic rings. The lowest BCUT2D eigenvalue weighted by Crippen LogP contribution is -1.87. The summed E-state index contributed by atoms with van der Waals surface area (Å²) in [7, 11) is 0. The van der Waals surface area contributed by atoms with Gasteiger partial charge in [0.15, 0.2) is 0 Å². The third-order valence-corrected chi connectivity index (χ3v) is 2.90. The Labute approximate surface area is 100 Å². The second kappa shape index (κ2) is 4.71. The van der Waals surface area contributed by atoms with Gasteiger partial charge in [0, 0.05) is 5.56 Å². The van der Waals surface area contributed by atoms with Gasteiger partial charge in [0.1, 0.15) is 5.76 Å². The Hall–Kier alpha value is -1.28. The van der Waals surface area contributed by atoms with Crippen LogP contribution in [0.3, 0.4) is 0 Å². The highest BCUT2D eigenvalue weighted by atomic mass is 35.5. The Balaban J connectivity index is 2.49. The maximum Gasteiger partial charge on any atom is 0.226 e. The van der Waals surface area contributed by atoms with Crippen LogP contribution in [0.25, 0.3) is 11.5 Å². The van der Waals surface area contributed by atoms with Crippen LogP contribution >= 0.6 is 11.6 Å². The van der Waals surface area contributed by atoms with Crippen LogP contribution in [0.15, 0.2) is 28.7 Å². The molecule has 2 aromatic rings. The van der Waals surface area contributed by atoms with E-state index in [0.717, 1.165) is 23.4 Å². The molecular weight excluding hydrogens is 222 g/mol. The smallest absolute Gasteiger partial charge is 0.226 e. The Morgan fingerprint density at radius 1 is 1.31 bits per heavy atom. The van der Waals surface area contributed by atoms with E-state index in [1.807, 2.05) is 25.1 Å². The first-order valence-electron chi connectivity index (χ1n) is 5.36. The fourth-order valence-corrected chi connectivity index (χ4v) is 1.95. The molecule has 0 amide bonds. The quantitative estimate of drug-likeness (QED) is 0.753. The minimum Gasteiger partial charge on any atom is -0.441 e. The Morgan fingerprint density at radius 2 is 2.06 bits per heavy atom. The predicted octanol–water partition coefficient (Wildman–Crippen LogP) is 3.95. The molecule has 0 bridgehead atoms. The molecule has 3 heteroatoms. The van der Waals surface area contributed by atoms with Crippen molar-refractivity contribution in [2.75, 3.05) is 0 Å². The predicted molar refractivity (Wildman–Crippen MR) is 65.6 cm³/mol. The summed E-state index contributed by atoms with van der Waals surface area (Å²) in [6, 6.07) is 8.15. The van der Waals surface area contributed by atoms with E-state index in [2.05, 4.69) is 18.0 Å². The van der Waals surface area contributed by atoms with Gasteiger partial charge in [-0.05, 0) is 25.0 Å². The van der Waals surface area contributed by atoms with Gasteiger partial charge in [-0.25, -0.2) is 4.98 Å². The molecule has 0 aliphatic carbocycles. The summed E-state index contributed by atoms with van der Waals surface area (Å²) in [6.07, 6.45) is 0.966. The summed E-state index contributed by atoms with van der Waals surface area (Å²) >= 11 is 5.78. The minimum absolute atomic E-state index is 0.392. The van der Waals surface area contributed by atoms with Crippen LogP contribution < -0.4 is 0 Å². The topological polar surface area (TPSA) is 26.0 Å². The zero-order chi connectivity index (χ0) is 11.5. The van der Waals surface area contributed by atoms with Crippen LogP contribution in [-0.2, 0) is 12.3 Å². The molecule has 0 spiro atoms. The molecule has 0 fully saturated rings. The van der Waals surface area contributed by atoms with Crippen molar-refractivity contribution >= 4 is 11.6 Å². The van der Waals surface area contributed by atoms with Crippen LogP contribution in [0, 0.1) is 6.92 Å². The van der Waals surface area contributed by atoms with E-state index in [1.54, 1.807) is 0 Å². The molecule has 0 atom stereocenters. The molecule has 1 heterocycles. The van der Waals surface area contributed by atoms with Crippen LogP contribution in [-0.4, -0.2) is 4.98 Å². The SMILES string of the molecule is CCc1ccccc1-c1nc(CCl)c(C)o1. The van der Waals surface area contributed by atoms with Gasteiger partial charge >= 0.3 is 0 Å². The number of alkyl halides is 1. The fourth-order valence-electron chi connectivity index (χ4n) is 1.70. The zero-order valence-corrected chi connectivity index (χ0v) is 10.2. The van der Waals surface area contributed by atoms with E-state index in [9.17, 15) is 0 Å². The first-order chi connectivity index (χ1) is 7.76. The number of aromatic nitrogens is 1. The van der Waals surface area contributed by atoms with Crippen molar-refractivity contribution in [2.24, 2.45) is 0 Å². The largest absolute Gasteiger partial charge is 0.441 e. The molecule has 84 valence electrons. The van der Waals surface area contributed by atoms with Gasteiger partial charge in [-0.15, -0.1) is 11.6 Å². The number of oxazole rings is 1. The van der Waals surface area contributed by atoms with Gasteiger partial charge in [-0.1, -0.05) is 25.1 Å². The van der Waals surface area contributed by atoms with Gasteiger partial charge in [0.05, 0.1) is 11.6 Å². The molecule has 0 unspecified atom stereocenters. The highest BCUT2D eigenvalue weighted by Crippen LogP contribution is 2.26. The number of hydrogen-bond donors (Lipinski definition) is 0. The average molecular weight is 236 g/mol. The van der Waals surface area contributed by atoms with Crippen molar-refractivity contribution < 1.29 is 4.42 Å². The lowest BCUT2D eigenvalue weighted by Gasteiger charge is -2.02. The molecule has 0 saturated carbocycles. The minimum atomic E-state index is 0.392. The van der Waals surface area contributed by atoms with Crippen LogP contribution in [0.4, 0.5) is 0 Å². The molecule has 2 nitrogen and oxygen atoms in total. The molecule has 16 heavy (non-hydrogen) atoms. The second-order valence-corrected chi connectivity index (χ2v) is 3.93. The summed E-state index contributed by atoms with van der Waals surface area (Å²) < 4.78 is 5.64. The maximum atomic E-state index is 5.78. The van der Waals surface area contributed by atoms with Gasteiger partial charge in [0.2, 0.25) is 5.89 Å². The average Bonchev–Trinajstić information content (AvgIpc) is 2.70. The van der Waals surface area contributed by atoms with Crippen molar-refractivity contribution in [3.8, 4) is 11.5 Å². The van der Waals surface area contributed by atoms with Crippen molar-refractivity contribution in [1.29, 1.82) is 0 Å². The van der Waals surface area contributed by atoms with Crippen molar-refractivity contribution in [2.45, 2.75) is 26.1 Å². The first kappa shape index (κ1) is 11.2. The van der Waals surface area contributed by atoms with E-state index in [0.29, 0.717) is 11.8 Å². The van der Waals surface area contributed by atoms with E-state index < -0.39 is 0 Å². The van der Waals surface area contributed by atoms with E-state index in [1.165, 1.54) is 5.56 Å². The van der Waals surface area contributed by atoms with E-state index >= 15 is 0 Å². The lowest BCUT2D eigenvalue weighted by molar-refractivity contribution is 0.540. The summed E-state index contributed by atoms with van der Waals surface area (Å²) in [6.45, 7) is 4.01. The Morgan fingerprint density at radius 3 is 2.69 bits per heavy atom. The summed E-state index contributed by atoms with van der Waals surface area (Å²) in [5.74, 6) is 1.87. The molecule has 1 aromatic carbocycles. The second-order valence-electron chi connectivity index (χ2n) is 3.67. The summed E-state index contributed by atoms with van der Waals surface area (Å²) in [5, 5.41) is 0. The van der Waals surface area contributed by atoms with Crippen molar-refractivity contribution in [3.05, 3.63) is 41.3 Å². The number of hydrogen-bond acceptors (Lipinski definition) is 2. The van der Waals surface area contributed by atoms with Gasteiger partial charge in [-0.2, -0.15) is 0 Å². The molecular formula is C13H14ClNO. The number of benzene rings is 1. The Kier molecular flexibility index (Phi) is 3.30. The Bertz CT molecular complexity index is 490. The molecule has 2 rings (SSSR count). The van der Waals surface area contributed by atoms with Gasteiger partial charge in [-0.3, -0.25) is 0 Å². The summed E-state index contributed by atoms with van der Waals surface area (Å²) in [5.41, 5.74) is 3.12. The highest BCUT2D eigenvalue weighted by Gasteiger charge is 2.12. The molecule has 0 radical (unpaired) electrons. The van der Waals surface area contributed by atoms with Crippen LogP contribution in [0.5, 0.6) is 0 Å². The number of halogens is 1. The third kappa shape index (κ3) is 1.98. The van der Waals surface area contributed by atoms with E-state index in [4.69, 9.17) is 16.0 Å². The maximum absolute atomic E-state index is 5.78. The molecule has 0 saturated heterocycles. The first-order valence-corrected chi connectivity index (χ1v) is 5.90. The van der Waals surface area contributed by atoms with Crippen LogP contribution in [0.2, 0.25) is 0 Å². The number of aryl methyl sites for hydroxylation is 2. The number of rotatable bonds is 3. The normalized spacial score (nSPS) is 10.7. The fraction of sp³-hybridized carbons (Fsp3) is 0.308. The highest BCUT2D eigenvalue weighted by molar-refractivity contribution is 6.16. The molecule has 0 N–H and O–H groups in total. The van der Waals surface area contributed by atoms with Gasteiger partial charge < -0.3 is 4.42 Å².